The third-order valence-corrected chi connectivity index (χ3v) is 4.85. The summed E-state index contributed by atoms with van der Waals surface area (Å²) < 4.78 is 0. The SMILES string of the molecule is O=C(NCc1cccnc1)N[C@@H]1CCSc2ccc(Cl)cc21. The molecule has 2 amide bonds. The number of pyridine rings is 1. The normalized spacial score (nSPS) is 16.7. The van der Waals surface area contributed by atoms with Gasteiger partial charge in [0.2, 0.25) is 0 Å². The van der Waals surface area contributed by atoms with E-state index in [1.807, 2.05) is 30.3 Å². The van der Waals surface area contributed by atoms with E-state index in [0.29, 0.717) is 11.6 Å². The molecule has 0 saturated heterocycles. The molecule has 2 aromatic rings. The standard InChI is InChI=1S/C16H16ClN3OS/c17-12-3-4-15-13(8-12)14(5-7-22-15)20-16(21)19-10-11-2-1-6-18-9-11/h1-4,6,8-9,14H,5,7,10H2,(H2,19,20,21)/t14-/m1/s1. The van der Waals surface area contributed by atoms with Gasteiger partial charge in [0.25, 0.3) is 0 Å². The monoisotopic (exact) mass is 333 g/mol. The van der Waals surface area contributed by atoms with Gasteiger partial charge >= 0.3 is 6.03 Å². The predicted molar refractivity (Wildman–Crippen MR) is 89.1 cm³/mol. The summed E-state index contributed by atoms with van der Waals surface area (Å²) in [5.41, 5.74) is 2.07. The van der Waals surface area contributed by atoms with Crippen LogP contribution in [0, 0.1) is 0 Å². The van der Waals surface area contributed by atoms with Crippen molar-refractivity contribution in [2.75, 3.05) is 5.75 Å². The van der Waals surface area contributed by atoms with Crippen molar-refractivity contribution in [3.05, 3.63) is 58.9 Å². The number of thioether (sulfide) groups is 1. The van der Waals surface area contributed by atoms with E-state index in [0.717, 1.165) is 23.3 Å². The zero-order chi connectivity index (χ0) is 15.4. The Bertz CT molecular complexity index is 666. The average molecular weight is 334 g/mol. The zero-order valence-electron chi connectivity index (χ0n) is 11.9. The number of aromatic nitrogens is 1. The van der Waals surface area contributed by atoms with Crippen LogP contribution in [0.1, 0.15) is 23.6 Å². The molecule has 1 aliphatic heterocycles. The second-order valence-corrected chi connectivity index (χ2v) is 6.63. The zero-order valence-corrected chi connectivity index (χ0v) is 13.5. The fraction of sp³-hybridized carbons (Fsp3) is 0.250. The van der Waals surface area contributed by atoms with Gasteiger partial charge in [0.1, 0.15) is 0 Å². The van der Waals surface area contributed by atoms with Crippen molar-refractivity contribution in [1.82, 2.24) is 15.6 Å². The smallest absolute Gasteiger partial charge is 0.315 e. The minimum atomic E-state index is -0.174. The Hall–Kier alpha value is -1.72. The summed E-state index contributed by atoms with van der Waals surface area (Å²) in [6, 6.07) is 9.46. The Balaban J connectivity index is 1.62. The largest absolute Gasteiger partial charge is 0.334 e. The molecule has 4 nitrogen and oxygen atoms in total. The second kappa shape index (κ2) is 7.03. The molecule has 2 N–H and O–H groups in total. The molecule has 0 bridgehead atoms. The molecule has 1 atom stereocenters. The van der Waals surface area contributed by atoms with Crippen LogP contribution in [0.15, 0.2) is 47.6 Å². The molecule has 0 fully saturated rings. The highest BCUT2D eigenvalue weighted by molar-refractivity contribution is 7.99. The van der Waals surface area contributed by atoms with Crippen molar-refractivity contribution >= 4 is 29.4 Å². The van der Waals surface area contributed by atoms with Gasteiger partial charge in [0.05, 0.1) is 6.04 Å². The Kier molecular flexibility index (Phi) is 4.85. The number of carbonyl (C=O) groups excluding carboxylic acids is 1. The highest BCUT2D eigenvalue weighted by atomic mass is 35.5. The molecule has 0 unspecified atom stereocenters. The Morgan fingerprint density at radius 1 is 1.41 bits per heavy atom. The van der Waals surface area contributed by atoms with Crippen LogP contribution in [0.3, 0.4) is 0 Å². The number of hydrogen-bond acceptors (Lipinski definition) is 3. The lowest BCUT2D eigenvalue weighted by molar-refractivity contribution is 0.236. The fourth-order valence-electron chi connectivity index (χ4n) is 2.41. The number of halogens is 1. The van der Waals surface area contributed by atoms with E-state index < -0.39 is 0 Å². The van der Waals surface area contributed by atoms with Gasteiger partial charge < -0.3 is 10.6 Å². The first-order chi connectivity index (χ1) is 10.7. The van der Waals surface area contributed by atoms with Crippen LogP contribution in [0.4, 0.5) is 4.79 Å². The first-order valence-corrected chi connectivity index (χ1v) is 8.44. The van der Waals surface area contributed by atoms with E-state index in [9.17, 15) is 4.79 Å². The van der Waals surface area contributed by atoms with Crippen LogP contribution < -0.4 is 10.6 Å². The molecule has 2 heterocycles. The number of amides is 2. The predicted octanol–water partition coefficient (Wildman–Crippen LogP) is 3.77. The molecular weight excluding hydrogens is 318 g/mol. The molecule has 114 valence electrons. The summed E-state index contributed by atoms with van der Waals surface area (Å²) >= 11 is 7.88. The fourth-order valence-corrected chi connectivity index (χ4v) is 3.70. The third kappa shape index (κ3) is 3.72. The lowest BCUT2D eigenvalue weighted by Crippen LogP contribution is -2.38. The topological polar surface area (TPSA) is 54.0 Å². The quantitative estimate of drug-likeness (QED) is 0.899. The van der Waals surface area contributed by atoms with E-state index in [1.54, 1.807) is 24.2 Å². The molecule has 0 saturated carbocycles. The first kappa shape index (κ1) is 15.2. The van der Waals surface area contributed by atoms with Crippen molar-refractivity contribution in [3.63, 3.8) is 0 Å². The number of carbonyl (C=O) groups is 1. The highest BCUT2D eigenvalue weighted by Crippen LogP contribution is 2.37. The Labute approximate surface area is 138 Å². The van der Waals surface area contributed by atoms with Gasteiger partial charge in [-0.15, -0.1) is 11.8 Å². The maximum Gasteiger partial charge on any atom is 0.315 e. The number of benzene rings is 1. The maximum atomic E-state index is 12.1. The van der Waals surface area contributed by atoms with Crippen molar-refractivity contribution in [3.8, 4) is 0 Å². The third-order valence-electron chi connectivity index (χ3n) is 3.49. The Morgan fingerprint density at radius 3 is 3.14 bits per heavy atom. The van der Waals surface area contributed by atoms with Crippen LogP contribution >= 0.6 is 23.4 Å². The molecule has 0 aliphatic carbocycles. The van der Waals surface area contributed by atoms with Crippen molar-refractivity contribution in [1.29, 1.82) is 0 Å². The van der Waals surface area contributed by atoms with Gasteiger partial charge in [-0.25, -0.2) is 4.79 Å². The average Bonchev–Trinajstić information content (AvgIpc) is 2.54. The van der Waals surface area contributed by atoms with Crippen molar-refractivity contribution in [2.24, 2.45) is 0 Å². The number of hydrogen-bond donors (Lipinski definition) is 2. The molecule has 1 aliphatic rings. The number of rotatable bonds is 3. The van der Waals surface area contributed by atoms with Gasteiger partial charge in [-0.1, -0.05) is 17.7 Å². The van der Waals surface area contributed by atoms with Crippen molar-refractivity contribution < 1.29 is 4.79 Å². The molecule has 3 rings (SSSR count). The maximum absolute atomic E-state index is 12.1. The minimum absolute atomic E-state index is 0.00356. The first-order valence-electron chi connectivity index (χ1n) is 7.08. The summed E-state index contributed by atoms with van der Waals surface area (Å²) in [6.07, 6.45) is 4.36. The van der Waals surface area contributed by atoms with Crippen LogP contribution in [0.5, 0.6) is 0 Å². The van der Waals surface area contributed by atoms with E-state index in [2.05, 4.69) is 15.6 Å². The van der Waals surface area contributed by atoms with E-state index in [-0.39, 0.29) is 12.1 Å². The van der Waals surface area contributed by atoms with Crippen LogP contribution in [-0.4, -0.2) is 16.8 Å². The highest BCUT2D eigenvalue weighted by Gasteiger charge is 2.22. The van der Waals surface area contributed by atoms with E-state index in [1.165, 1.54) is 4.90 Å². The molecule has 1 aromatic carbocycles. The second-order valence-electron chi connectivity index (χ2n) is 5.06. The van der Waals surface area contributed by atoms with Crippen LogP contribution in [-0.2, 0) is 6.54 Å². The van der Waals surface area contributed by atoms with Gasteiger partial charge in [-0.05, 0) is 41.8 Å². The minimum Gasteiger partial charge on any atom is -0.334 e. The lowest BCUT2D eigenvalue weighted by Gasteiger charge is -2.26. The van der Waals surface area contributed by atoms with E-state index in [4.69, 9.17) is 11.6 Å². The molecule has 0 radical (unpaired) electrons. The van der Waals surface area contributed by atoms with Gasteiger partial charge in [0.15, 0.2) is 0 Å². The molecular formula is C16H16ClN3OS. The van der Waals surface area contributed by atoms with Gasteiger partial charge in [-0.2, -0.15) is 0 Å². The number of nitrogens with one attached hydrogen (secondary N) is 2. The van der Waals surface area contributed by atoms with Gasteiger partial charge in [0, 0.05) is 34.6 Å². The van der Waals surface area contributed by atoms with Crippen LogP contribution in [0.25, 0.3) is 0 Å². The summed E-state index contributed by atoms with van der Waals surface area (Å²) in [6.45, 7) is 0.462. The molecule has 0 spiro atoms. The molecule has 22 heavy (non-hydrogen) atoms. The summed E-state index contributed by atoms with van der Waals surface area (Å²) in [5.74, 6) is 0.988. The summed E-state index contributed by atoms with van der Waals surface area (Å²) in [5, 5.41) is 6.59. The van der Waals surface area contributed by atoms with Gasteiger partial charge in [-0.3, -0.25) is 4.98 Å². The van der Waals surface area contributed by atoms with Crippen LogP contribution in [0.2, 0.25) is 5.02 Å². The number of urea groups is 1. The Morgan fingerprint density at radius 2 is 2.32 bits per heavy atom. The molecule has 1 aromatic heterocycles. The molecule has 6 heteroatoms. The summed E-state index contributed by atoms with van der Waals surface area (Å²) in [7, 11) is 0. The van der Waals surface area contributed by atoms with Crippen molar-refractivity contribution in [2.45, 2.75) is 23.9 Å². The number of fused-ring (bicyclic) bond motifs is 1. The lowest BCUT2D eigenvalue weighted by atomic mass is 10.0. The number of nitrogens with zero attached hydrogens (tertiary/aromatic N) is 1. The summed E-state index contributed by atoms with van der Waals surface area (Å²) in [4.78, 5) is 17.3. The van der Waals surface area contributed by atoms with E-state index >= 15 is 0 Å².